The van der Waals surface area contributed by atoms with Crippen LogP contribution < -0.4 is 16.0 Å². The van der Waals surface area contributed by atoms with E-state index in [0.29, 0.717) is 25.1 Å². The van der Waals surface area contributed by atoms with Gasteiger partial charge in [0, 0.05) is 44.3 Å². The van der Waals surface area contributed by atoms with Crippen LogP contribution in [0.2, 0.25) is 0 Å². The highest BCUT2D eigenvalue weighted by atomic mass is 16.3. The molecule has 4 N–H and O–H groups in total. The number of hydrogen-bond acceptors (Lipinski definition) is 6. The third kappa shape index (κ3) is 3.67. The first kappa shape index (κ1) is 19.0. The number of aliphatic hydroxyl groups excluding tert-OH is 1. The molecule has 150 valence electrons. The maximum Gasteiger partial charge on any atom is 0.255 e. The summed E-state index contributed by atoms with van der Waals surface area (Å²) in [5.41, 5.74) is 2.61. The number of nitrogens with zero attached hydrogens (tertiary/aromatic N) is 1. The van der Waals surface area contributed by atoms with Crippen molar-refractivity contribution in [3.05, 3.63) is 34.9 Å². The number of fused-ring (bicyclic) bond motifs is 1. The van der Waals surface area contributed by atoms with Gasteiger partial charge >= 0.3 is 0 Å². The number of carbonyl (C=O) groups excluding carboxylic acids is 3. The van der Waals surface area contributed by atoms with Gasteiger partial charge in [-0.3, -0.25) is 19.7 Å². The first-order valence-corrected chi connectivity index (χ1v) is 9.88. The Balaban J connectivity index is 1.42. The molecule has 8 heteroatoms. The molecule has 0 aromatic heterocycles. The number of rotatable bonds is 5. The molecule has 0 spiro atoms. The second kappa shape index (κ2) is 7.98. The minimum absolute atomic E-state index is 0.152. The Kier molecular flexibility index (Phi) is 5.43. The molecule has 28 heavy (non-hydrogen) atoms. The van der Waals surface area contributed by atoms with E-state index in [4.69, 9.17) is 0 Å². The fourth-order valence-electron chi connectivity index (χ4n) is 4.36. The Hall–Kier alpha value is -2.29. The van der Waals surface area contributed by atoms with E-state index < -0.39 is 6.04 Å². The molecule has 1 aromatic rings. The van der Waals surface area contributed by atoms with Gasteiger partial charge in [0.05, 0.1) is 0 Å². The van der Waals surface area contributed by atoms with Crippen LogP contribution in [0.4, 0.5) is 0 Å². The Morgan fingerprint density at radius 2 is 2.07 bits per heavy atom. The van der Waals surface area contributed by atoms with Gasteiger partial charge in [-0.2, -0.15) is 0 Å². The van der Waals surface area contributed by atoms with E-state index in [-0.39, 0.29) is 42.7 Å². The molecule has 3 heterocycles. The van der Waals surface area contributed by atoms with E-state index in [0.717, 1.165) is 30.6 Å². The zero-order valence-corrected chi connectivity index (χ0v) is 15.7. The van der Waals surface area contributed by atoms with Crippen LogP contribution >= 0.6 is 0 Å². The van der Waals surface area contributed by atoms with Gasteiger partial charge in [0.2, 0.25) is 11.8 Å². The van der Waals surface area contributed by atoms with E-state index in [1.54, 1.807) is 4.90 Å². The van der Waals surface area contributed by atoms with Crippen molar-refractivity contribution in [3.63, 3.8) is 0 Å². The number of nitrogens with one attached hydrogen (secondary N) is 3. The van der Waals surface area contributed by atoms with Crippen LogP contribution in [-0.4, -0.2) is 59.5 Å². The standard InChI is InChI=1S/C20H26N4O4/c25-11-13-5-6-21-9-16(13)22-8-12-1-2-15-14(7-12)10-24(20(15)28)17-3-4-18(26)23-19(17)27/h1-2,7,13,16-17,21-22,25H,3-6,8-11H2,(H,23,26,27). The number of aliphatic hydroxyl groups is 1. The molecule has 3 aliphatic rings. The molecule has 3 unspecified atom stereocenters. The first-order chi connectivity index (χ1) is 13.6. The lowest BCUT2D eigenvalue weighted by Gasteiger charge is -2.31. The minimum atomic E-state index is -0.585. The molecule has 2 fully saturated rings. The van der Waals surface area contributed by atoms with Crippen molar-refractivity contribution in [2.45, 2.75) is 44.4 Å². The zero-order valence-electron chi connectivity index (χ0n) is 15.7. The quantitative estimate of drug-likeness (QED) is 0.508. The van der Waals surface area contributed by atoms with Crippen molar-refractivity contribution in [2.24, 2.45) is 5.92 Å². The van der Waals surface area contributed by atoms with Crippen LogP contribution in [0.3, 0.4) is 0 Å². The Morgan fingerprint density at radius 3 is 2.86 bits per heavy atom. The molecule has 0 aliphatic carbocycles. The van der Waals surface area contributed by atoms with Crippen molar-refractivity contribution in [3.8, 4) is 0 Å². The van der Waals surface area contributed by atoms with Gasteiger partial charge in [-0.15, -0.1) is 0 Å². The predicted octanol–water partition coefficient (Wildman–Crippen LogP) is -0.492. The van der Waals surface area contributed by atoms with Gasteiger partial charge in [0.25, 0.3) is 5.91 Å². The molecule has 1 aromatic carbocycles. The summed E-state index contributed by atoms with van der Waals surface area (Å²) in [5.74, 6) is -0.572. The van der Waals surface area contributed by atoms with Gasteiger partial charge in [-0.25, -0.2) is 0 Å². The number of amides is 3. The summed E-state index contributed by atoms with van der Waals surface area (Å²) in [6.45, 7) is 2.98. The summed E-state index contributed by atoms with van der Waals surface area (Å²) in [5, 5.41) is 18.7. The number of hydrogen-bond donors (Lipinski definition) is 4. The highest BCUT2D eigenvalue weighted by Crippen LogP contribution is 2.28. The molecule has 3 amide bonds. The lowest BCUT2D eigenvalue weighted by molar-refractivity contribution is -0.136. The van der Waals surface area contributed by atoms with E-state index in [9.17, 15) is 19.5 Å². The molecule has 3 atom stereocenters. The van der Waals surface area contributed by atoms with Crippen LogP contribution in [0.25, 0.3) is 0 Å². The van der Waals surface area contributed by atoms with Crippen LogP contribution in [-0.2, 0) is 22.7 Å². The van der Waals surface area contributed by atoms with Gasteiger partial charge < -0.3 is 20.6 Å². The van der Waals surface area contributed by atoms with Gasteiger partial charge in [0.15, 0.2) is 0 Å². The average molecular weight is 386 g/mol. The summed E-state index contributed by atoms with van der Waals surface area (Å²) < 4.78 is 0. The number of imide groups is 1. The molecule has 0 saturated carbocycles. The average Bonchev–Trinajstić information content (AvgIpc) is 3.02. The largest absolute Gasteiger partial charge is 0.396 e. The highest BCUT2D eigenvalue weighted by molar-refractivity contribution is 6.05. The second-order valence-corrected chi connectivity index (χ2v) is 7.81. The number of carbonyl (C=O) groups is 3. The van der Waals surface area contributed by atoms with Crippen molar-refractivity contribution in [1.82, 2.24) is 20.9 Å². The Morgan fingerprint density at radius 1 is 1.21 bits per heavy atom. The molecule has 0 radical (unpaired) electrons. The maximum absolute atomic E-state index is 12.7. The minimum Gasteiger partial charge on any atom is -0.396 e. The van der Waals surface area contributed by atoms with Crippen LogP contribution in [0.5, 0.6) is 0 Å². The summed E-state index contributed by atoms with van der Waals surface area (Å²) in [6.07, 6.45) is 1.58. The monoisotopic (exact) mass is 386 g/mol. The molecular formula is C20H26N4O4. The molecule has 3 aliphatic heterocycles. The van der Waals surface area contributed by atoms with Crippen molar-refractivity contribution >= 4 is 17.7 Å². The first-order valence-electron chi connectivity index (χ1n) is 9.88. The fraction of sp³-hybridized carbons (Fsp3) is 0.550. The van der Waals surface area contributed by atoms with Crippen molar-refractivity contribution in [1.29, 1.82) is 0 Å². The third-order valence-corrected chi connectivity index (χ3v) is 6.02. The van der Waals surface area contributed by atoms with E-state index in [1.807, 2.05) is 18.2 Å². The summed E-state index contributed by atoms with van der Waals surface area (Å²) >= 11 is 0. The fourth-order valence-corrected chi connectivity index (χ4v) is 4.36. The van der Waals surface area contributed by atoms with E-state index in [1.165, 1.54) is 0 Å². The topological polar surface area (TPSA) is 111 Å². The summed E-state index contributed by atoms with van der Waals surface area (Å²) in [4.78, 5) is 37.8. The van der Waals surface area contributed by atoms with E-state index in [2.05, 4.69) is 16.0 Å². The smallest absolute Gasteiger partial charge is 0.255 e. The van der Waals surface area contributed by atoms with Crippen molar-refractivity contribution < 1.29 is 19.5 Å². The van der Waals surface area contributed by atoms with Gasteiger partial charge in [-0.05, 0) is 42.5 Å². The van der Waals surface area contributed by atoms with Gasteiger partial charge in [-0.1, -0.05) is 12.1 Å². The third-order valence-electron chi connectivity index (χ3n) is 6.02. The van der Waals surface area contributed by atoms with Gasteiger partial charge in [0.1, 0.15) is 6.04 Å². The van der Waals surface area contributed by atoms with Crippen LogP contribution in [0.1, 0.15) is 40.7 Å². The zero-order chi connectivity index (χ0) is 19.7. The van der Waals surface area contributed by atoms with Crippen LogP contribution in [0, 0.1) is 5.92 Å². The maximum atomic E-state index is 12.7. The molecule has 2 saturated heterocycles. The Labute approximate surface area is 163 Å². The molecule has 4 rings (SSSR count). The lowest BCUT2D eigenvalue weighted by Crippen LogP contribution is -2.52. The van der Waals surface area contributed by atoms with Crippen molar-refractivity contribution in [2.75, 3.05) is 19.7 Å². The number of piperidine rings is 2. The highest BCUT2D eigenvalue weighted by Gasteiger charge is 2.39. The lowest BCUT2D eigenvalue weighted by atomic mass is 9.93. The normalized spacial score (nSPS) is 27.7. The summed E-state index contributed by atoms with van der Waals surface area (Å²) in [6, 6.07) is 5.40. The Bertz CT molecular complexity index is 796. The second-order valence-electron chi connectivity index (χ2n) is 7.81. The number of benzene rings is 1. The van der Waals surface area contributed by atoms with E-state index >= 15 is 0 Å². The summed E-state index contributed by atoms with van der Waals surface area (Å²) in [7, 11) is 0. The SMILES string of the molecule is O=C1CCC(N2Cc3cc(CNC4CNCCC4CO)ccc3C2=O)C(=O)N1. The van der Waals surface area contributed by atoms with Crippen LogP contribution in [0.15, 0.2) is 18.2 Å². The molecule has 8 nitrogen and oxygen atoms in total. The molecule has 0 bridgehead atoms. The predicted molar refractivity (Wildman–Crippen MR) is 101 cm³/mol. The molecular weight excluding hydrogens is 360 g/mol.